The number of amides is 1. The molecule has 0 aliphatic heterocycles. The highest BCUT2D eigenvalue weighted by molar-refractivity contribution is 5.95. The number of hydrogen-bond acceptors (Lipinski definition) is 3. The lowest BCUT2D eigenvalue weighted by molar-refractivity contribution is -0.123. The fraction of sp³-hybridized carbons (Fsp3) is 0.632. The molecule has 1 amide bonds. The Morgan fingerprint density at radius 1 is 1.00 bits per heavy atom. The summed E-state index contributed by atoms with van der Waals surface area (Å²) in [4.78, 5) is 15.2. The molecular formula is C19H33N3O. The number of anilines is 2. The van der Waals surface area contributed by atoms with Crippen LogP contribution in [0.3, 0.4) is 0 Å². The van der Waals surface area contributed by atoms with Crippen LogP contribution in [-0.4, -0.2) is 29.9 Å². The number of nitrogen functional groups attached to an aromatic ring is 1. The molecule has 4 heteroatoms. The second-order valence-corrected chi connectivity index (χ2v) is 7.54. The second kappa shape index (κ2) is 8.92. The highest BCUT2D eigenvalue weighted by atomic mass is 16.2. The van der Waals surface area contributed by atoms with Gasteiger partial charge in [-0.2, -0.15) is 0 Å². The summed E-state index contributed by atoms with van der Waals surface area (Å²) in [6, 6.07) is 7.18. The van der Waals surface area contributed by atoms with Crippen LogP contribution in [0.25, 0.3) is 0 Å². The quantitative estimate of drug-likeness (QED) is 0.716. The van der Waals surface area contributed by atoms with Gasteiger partial charge in [0.15, 0.2) is 0 Å². The molecule has 0 fully saturated rings. The van der Waals surface area contributed by atoms with Crippen molar-refractivity contribution >= 4 is 17.3 Å². The Bertz CT molecular complexity index is 470. The van der Waals surface area contributed by atoms with Gasteiger partial charge in [0.25, 0.3) is 0 Å². The van der Waals surface area contributed by atoms with Gasteiger partial charge in [-0.1, -0.05) is 41.5 Å². The molecule has 4 nitrogen and oxygen atoms in total. The Hall–Kier alpha value is -1.55. The minimum absolute atomic E-state index is 0.0612. The van der Waals surface area contributed by atoms with Crippen molar-refractivity contribution < 1.29 is 4.79 Å². The molecule has 3 N–H and O–H groups in total. The van der Waals surface area contributed by atoms with Gasteiger partial charge in [-0.05, 0) is 42.0 Å². The van der Waals surface area contributed by atoms with Gasteiger partial charge in [-0.15, -0.1) is 0 Å². The Morgan fingerprint density at radius 2 is 1.48 bits per heavy atom. The normalized spacial score (nSPS) is 13.1. The molecule has 1 atom stereocenters. The zero-order valence-corrected chi connectivity index (χ0v) is 15.5. The van der Waals surface area contributed by atoms with Gasteiger partial charge >= 0.3 is 0 Å². The number of hydrogen-bond donors (Lipinski definition) is 2. The molecule has 1 unspecified atom stereocenters. The van der Waals surface area contributed by atoms with Crippen LogP contribution in [0.1, 0.15) is 41.5 Å². The van der Waals surface area contributed by atoms with Crippen LogP contribution in [0, 0.1) is 17.8 Å². The van der Waals surface area contributed by atoms with E-state index in [0.29, 0.717) is 17.5 Å². The summed E-state index contributed by atoms with van der Waals surface area (Å²) in [5.41, 5.74) is 7.20. The highest BCUT2D eigenvalue weighted by Gasteiger charge is 2.29. The lowest BCUT2D eigenvalue weighted by Gasteiger charge is -2.35. The zero-order chi connectivity index (χ0) is 17.6. The number of rotatable bonds is 8. The van der Waals surface area contributed by atoms with E-state index in [2.05, 4.69) is 51.8 Å². The number of carbonyl (C=O) groups is 1. The average Bonchev–Trinajstić information content (AvgIpc) is 2.39. The maximum atomic E-state index is 12.9. The molecule has 0 saturated carbocycles. The van der Waals surface area contributed by atoms with Crippen LogP contribution in [0.15, 0.2) is 24.3 Å². The molecular weight excluding hydrogens is 286 g/mol. The van der Waals surface area contributed by atoms with E-state index in [1.54, 1.807) is 12.1 Å². The fourth-order valence-electron chi connectivity index (χ4n) is 2.91. The van der Waals surface area contributed by atoms with Crippen molar-refractivity contribution in [3.8, 4) is 0 Å². The third-order valence-corrected chi connectivity index (χ3v) is 3.67. The lowest BCUT2D eigenvalue weighted by atomic mass is 9.98. The molecule has 23 heavy (non-hydrogen) atoms. The number of nitrogens with zero attached hydrogens (tertiary/aromatic N) is 1. The Balaban J connectivity index is 2.92. The van der Waals surface area contributed by atoms with E-state index < -0.39 is 0 Å². The molecule has 0 bridgehead atoms. The Labute approximate surface area is 141 Å². The van der Waals surface area contributed by atoms with E-state index in [9.17, 15) is 4.79 Å². The van der Waals surface area contributed by atoms with Crippen LogP contribution in [0.5, 0.6) is 0 Å². The second-order valence-electron chi connectivity index (χ2n) is 7.54. The van der Waals surface area contributed by atoms with Gasteiger partial charge in [0.1, 0.15) is 0 Å². The van der Waals surface area contributed by atoms with Crippen LogP contribution in [0.2, 0.25) is 0 Å². The van der Waals surface area contributed by atoms with E-state index in [1.807, 2.05) is 12.1 Å². The van der Waals surface area contributed by atoms with E-state index in [0.717, 1.165) is 18.8 Å². The van der Waals surface area contributed by atoms with Gasteiger partial charge in [-0.3, -0.25) is 9.69 Å². The van der Waals surface area contributed by atoms with Crippen molar-refractivity contribution in [2.45, 2.75) is 47.6 Å². The molecule has 0 aromatic heterocycles. The van der Waals surface area contributed by atoms with Crippen LogP contribution < -0.4 is 11.1 Å². The lowest BCUT2D eigenvalue weighted by Crippen LogP contribution is -2.50. The van der Waals surface area contributed by atoms with Crippen molar-refractivity contribution in [1.29, 1.82) is 0 Å². The number of nitrogens with two attached hydrogens (primary N) is 1. The molecule has 0 aliphatic rings. The molecule has 0 aliphatic carbocycles. The topological polar surface area (TPSA) is 58.4 Å². The average molecular weight is 319 g/mol. The minimum atomic E-state index is -0.127. The molecule has 0 radical (unpaired) electrons. The molecule has 0 spiro atoms. The first-order valence-electron chi connectivity index (χ1n) is 8.61. The first-order chi connectivity index (χ1) is 10.7. The Morgan fingerprint density at radius 3 is 1.87 bits per heavy atom. The van der Waals surface area contributed by atoms with Gasteiger partial charge in [0.05, 0.1) is 6.04 Å². The van der Waals surface area contributed by atoms with E-state index >= 15 is 0 Å². The molecule has 0 heterocycles. The SMILES string of the molecule is CC(C)CN(CC(C)C)C(C(=O)Nc1ccc(N)cc1)C(C)C. The van der Waals surface area contributed by atoms with Gasteiger partial charge < -0.3 is 11.1 Å². The van der Waals surface area contributed by atoms with E-state index in [-0.39, 0.29) is 17.9 Å². The highest BCUT2D eigenvalue weighted by Crippen LogP contribution is 2.18. The summed E-state index contributed by atoms with van der Waals surface area (Å²) in [6.07, 6.45) is 0. The van der Waals surface area contributed by atoms with E-state index in [1.165, 1.54) is 0 Å². The van der Waals surface area contributed by atoms with Gasteiger partial charge in [0.2, 0.25) is 5.91 Å². The smallest absolute Gasteiger partial charge is 0.241 e. The largest absolute Gasteiger partial charge is 0.399 e. The number of carbonyl (C=O) groups excluding carboxylic acids is 1. The monoisotopic (exact) mass is 319 g/mol. The zero-order valence-electron chi connectivity index (χ0n) is 15.5. The van der Waals surface area contributed by atoms with Crippen molar-refractivity contribution in [3.05, 3.63) is 24.3 Å². The van der Waals surface area contributed by atoms with Crippen molar-refractivity contribution in [3.63, 3.8) is 0 Å². The molecule has 0 saturated heterocycles. The van der Waals surface area contributed by atoms with Crippen LogP contribution in [-0.2, 0) is 4.79 Å². The minimum Gasteiger partial charge on any atom is -0.399 e. The van der Waals surface area contributed by atoms with Gasteiger partial charge in [0, 0.05) is 24.5 Å². The van der Waals surface area contributed by atoms with Crippen LogP contribution in [0.4, 0.5) is 11.4 Å². The third-order valence-electron chi connectivity index (χ3n) is 3.67. The Kier molecular flexibility index (Phi) is 7.56. The summed E-state index contributed by atoms with van der Waals surface area (Å²) in [5.74, 6) is 1.37. The molecule has 130 valence electrons. The maximum absolute atomic E-state index is 12.9. The summed E-state index contributed by atoms with van der Waals surface area (Å²) in [6.45, 7) is 14.9. The summed E-state index contributed by atoms with van der Waals surface area (Å²) < 4.78 is 0. The first-order valence-corrected chi connectivity index (χ1v) is 8.61. The van der Waals surface area contributed by atoms with Crippen molar-refractivity contribution in [2.24, 2.45) is 17.8 Å². The predicted octanol–water partition coefficient (Wildman–Crippen LogP) is 3.85. The predicted molar refractivity (Wildman–Crippen MR) is 99.4 cm³/mol. The van der Waals surface area contributed by atoms with E-state index in [4.69, 9.17) is 5.73 Å². The summed E-state index contributed by atoms with van der Waals surface area (Å²) in [5, 5.41) is 3.04. The molecule has 1 rings (SSSR count). The summed E-state index contributed by atoms with van der Waals surface area (Å²) in [7, 11) is 0. The third kappa shape index (κ3) is 6.61. The standard InChI is InChI=1S/C19H33N3O/c1-13(2)11-22(12-14(3)4)18(15(5)6)19(23)21-17-9-7-16(20)8-10-17/h7-10,13-15,18H,11-12,20H2,1-6H3,(H,21,23). The van der Waals surface area contributed by atoms with Gasteiger partial charge in [-0.25, -0.2) is 0 Å². The first kappa shape index (κ1) is 19.5. The summed E-state index contributed by atoms with van der Waals surface area (Å²) >= 11 is 0. The van der Waals surface area contributed by atoms with Crippen LogP contribution >= 0.6 is 0 Å². The number of benzene rings is 1. The van der Waals surface area contributed by atoms with Crippen molar-refractivity contribution in [1.82, 2.24) is 4.90 Å². The molecule has 1 aromatic rings. The van der Waals surface area contributed by atoms with Crippen molar-refractivity contribution in [2.75, 3.05) is 24.1 Å². The number of nitrogens with one attached hydrogen (secondary N) is 1. The molecule has 1 aromatic carbocycles. The fourth-order valence-corrected chi connectivity index (χ4v) is 2.91. The maximum Gasteiger partial charge on any atom is 0.241 e.